The zero-order chi connectivity index (χ0) is 20.9. The van der Waals surface area contributed by atoms with E-state index in [4.69, 9.17) is 0 Å². The van der Waals surface area contributed by atoms with Crippen LogP contribution >= 0.6 is 0 Å². The molecular formula is C20H24N4O4. The summed E-state index contributed by atoms with van der Waals surface area (Å²) in [5.41, 5.74) is 1.14. The van der Waals surface area contributed by atoms with Gasteiger partial charge in [0.2, 0.25) is 11.8 Å². The van der Waals surface area contributed by atoms with Crippen molar-refractivity contribution < 1.29 is 14.5 Å². The quantitative estimate of drug-likeness (QED) is 0.514. The first-order valence-electron chi connectivity index (χ1n) is 8.79. The average Bonchev–Trinajstić information content (AvgIpc) is 2.62. The van der Waals surface area contributed by atoms with Gasteiger partial charge in [-0.15, -0.1) is 0 Å². The Morgan fingerprint density at radius 2 is 1.57 bits per heavy atom. The number of non-ortho nitro benzene ring substituents is 1. The van der Waals surface area contributed by atoms with Crippen LogP contribution in [-0.4, -0.2) is 22.8 Å². The Morgan fingerprint density at radius 1 is 0.964 bits per heavy atom. The maximum absolute atomic E-state index is 12.3. The number of nitrogens with one attached hydrogen (secondary N) is 3. The van der Waals surface area contributed by atoms with E-state index in [9.17, 15) is 19.7 Å². The monoisotopic (exact) mass is 384 g/mol. The van der Waals surface area contributed by atoms with E-state index in [0.717, 1.165) is 0 Å². The van der Waals surface area contributed by atoms with Crippen molar-refractivity contribution in [3.05, 3.63) is 58.6 Å². The molecule has 2 amide bonds. The van der Waals surface area contributed by atoms with Crippen molar-refractivity contribution >= 4 is 34.6 Å². The lowest BCUT2D eigenvalue weighted by molar-refractivity contribution is -0.384. The molecule has 28 heavy (non-hydrogen) atoms. The first-order chi connectivity index (χ1) is 13.1. The van der Waals surface area contributed by atoms with Gasteiger partial charge < -0.3 is 16.0 Å². The van der Waals surface area contributed by atoms with Gasteiger partial charge in [-0.25, -0.2) is 0 Å². The number of nitro benzene ring substituents is 1. The van der Waals surface area contributed by atoms with Crippen molar-refractivity contribution in [1.29, 1.82) is 0 Å². The molecule has 0 radical (unpaired) electrons. The summed E-state index contributed by atoms with van der Waals surface area (Å²) in [4.78, 5) is 34.6. The van der Waals surface area contributed by atoms with Gasteiger partial charge in [0, 0.05) is 34.6 Å². The number of carbonyl (C=O) groups is 2. The summed E-state index contributed by atoms with van der Waals surface area (Å²) in [5, 5.41) is 19.3. The fraction of sp³-hybridized carbons (Fsp3) is 0.300. The lowest BCUT2D eigenvalue weighted by Gasteiger charge is -2.18. The summed E-state index contributed by atoms with van der Waals surface area (Å²) >= 11 is 0. The highest BCUT2D eigenvalue weighted by Gasteiger charge is 2.21. The normalized spacial score (nSPS) is 12.0. The van der Waals surface area contributed by atoms with Gasteiger partial charge >= 0.3 is 0 Å². The highest BCUT2D eigenvalue weighted by molar-refractivity contribution is 5.97. The van der Waals surface area contributed by atoms with Crippen LogP contribution in [0.25, 0.3) is 0 Å². The topological polar surface area (TPSA) is 113 Å². The van der Waals surface area contributed by atoms with Crippen molar-refractivity contribution in [3.63, 3.8) is 0 Å². The Bertz CT molecular complexity index is 873. The lowest BCUT2D eigenvalue weighted by atomic mass is 9.95. The number of hydrogen-bond acceptors (Lipinski definition) is 5. The summed E-state index contributed by atoms with van der Waals surface area (Å²) in [6.45, 7) is 7.18. The number of rotatable bonds is 6. The molecule has 2 rings (SSSR count). The number of benzene rings is 2. The molecule has 0 aliphatic heterocycles. The molecule has 0 fully saturated rings. The molecule has 3 N–H and O–H groups in total. The highest BCUT2D eigenvalue weighted by atomic mass is 16.6. The van der Waals surface area contributed by atoms with Gasteiger partial charge in [-0.05, 0) is 37.3 Å². The first kappa shape index (κ1) is 20.9. The lowest BCUT2D eigenvalue weighted by Crippen LogP contribution is -2.31. The van der Waals surface area contributed by atoms with Gasteiger partial charge in [-0.3, -0.25) is 19.7 Å². The zero-order valence-corrected chi connectivity index (χ0v) is 16.3. The Hall–Kier alpha value is -3.42. The minimum absolute atomic E-state index is 0.0853. The van der Waals surface area contributed by atoms with Gasteiger partial charge in [-0.2, -0.15) is 0 Å². The number of nitrogens with zero attached hydrogens (tertiary/aromatic N) is 1. The maximum atomic E-state index is 12.3. The van der Waals surface area contributed by atoms with Crippen LogP contribution in [0.5, 0.6) is 0 Å². The Balaban J connectivity index is 1.95. The summed E-state index contributed by atoms with van der Waals surface area (Å²) in [7, 11) is 0. The predicted octanol–water partition coefficient (Wildman–Crippen LogP) is 4.02. The molecule has 148 valence electrons. The summed E-state index contributed by atoms with van der Waals surface area (Å²) in [6, 6.07) is 12.2. The van der Waals surface area contributed by atoms with Crippen LogP contribution in [0.2, 0.25) is 0 Å². The summed E-state index contributed by atoms with van der Waals surface area (Å²) in [5.74, 6) is -0.413. The van der Waals surface area contributed by atoms with Crippen molar-refractivity contribution in [2.75, 3.05) is 16.0 Å². The van der Waals surface area contributed by atoms with Crippen LogP contribution in [0.3, 0.4) is 0 Å². The largest absolute Gasteiger partial charge is 0.374 e. The van der Waals surface area contributed by atoms with E-state index in [1.807, 2.05) is 20.8 Å². The molecule has 0 spiro atoms. The van der Waals surface area contributed by atoms with Crippen molar-refractivity contribution in [3.8, 4) is 0 Å². The number of anilines is 3. The Labute approximate surface area is 163 Å². The van der Waals surface area contributed by atoms with Crippen molar-refractivity contribution in [2.24, 2.45) is 5.41 Å². The molecule has 0 aromatic heterocycles. The van der Waals surface area contributed by atoms with E-state index < -0.39 is 16.4 Å². The number of amides is 2. The molecular weight excluding hydrogens is 360 g/mol. The third kappa shape index (κ3) is 5.80. The molecule has 2 aromatic carbocycles. The zero-order valence-electron chi connectivity index (χ0n) is 16.3. The van der Waals surface area contributed by atoms with Crippen LogP contribution in [0.4, 0.5) is 22.7 Å². The van der Waals surface area contributed by atoms with E-state index >= 15 is 0 Å². The fourth-order valence-electron chi connectivity index (χ4n) is 2.23. The number of nitro groups is 1. The molecule has 0 bridgehead atoms. The standard InChI is InChI=1S/C20H24N4O4/c1-13(18(25)22-16-6-5-7-17(12-16)24(27)28)21-14-8-10-15(11-9-14)23-19(26)20(2,3)4/h5-13,21H,1-4H3,(H,22,25)(H,23,26). The molecule has 0 saturated carbocycles. The fourth-order valence-corrected chi connectivity index (χ4v) is 2.23. The highest BCUT2D eigenvalue weighted by Crippen LogP contribution is 2.20. The molecule has 0 heterocycles. The van der Waals surface area contributed by atoms with E-state index in [1.54, 1.807) is 37.3 Å². The molecule has 8 nitrogen and oxygen atoms in total. The SMILES string of the molecule is CC(Nc1ccc(NC(=O)C(C)(C)C)cc1)C(=O)Nc1cccc([N+](=O)[O-])c1. The second kappa shape index (κ2) is 8.51. The Kier molecular flexibility index (Phi) is 6.35. The second-order valence-electron chi connectivity index (χ2n) is 7.44. The molecule has 0 aliphatic carbocycles. The summed E-state index contributed by atoms with van der Waals surface area (Å²) in [6.07, 6.45) is 0. The van der Waals surface area contributed by atoms with Crippen LogP contribution in [0.15, 0.2) is 48.5 Å². The third-order valence-corrected chi connectivity index (χ3v) is 3.92. The van der Waals surface area contributed by atoms with Crippen LogP contribution in [0, 0.1) is 15.5 Å². The maximum Gasteiger partial charge on any atom is 0.271 e. The summed E-state index contributed by atoms with van der Waals surface area (Å²) < 4.78 is 0. The molecule has 0 aliphatic rings. The molecule has 1 unspecified atom stereocenters. The smallest absolute Gasteiger partial charge is 0.271 e. The van der Waals surface area contributed by atoms with Crippen LogP contribution in [-0.2, 0) is 9.59 Å². The molecule has 8 heteroatoms. The first-order valence-corrected chi connectivity index (χ1v) is 8.79. The van der Waals surface area contributed by atoms with Crippen molar-refractivity contribution in [1.82, 2.24) is 0 Å². The minimum Gasteiger partial charge on any atom is -0.374 e. The number of carbonyl (C=O) groups excluding carboxylic acids is 2. The van der Waals surface area contributed by atoms with Gasteiger partial charge in [-0.1, -0.05) is 26.8 Å². The van der Waals surface area contributed by atoms with Gasteiger partial charge in [0.25, 0.3) is 5.69 Å². The average molecular weight is 384 g/mol. The minimum atomic E-state index is -0.575. The predicted molar refractivity (Wildman–Crippen MR) is 109 cm³/mol. The van der Waals surface area contributed by atoms with E-state index in [1.165, 1.54) is 18.2 Å². The van der Waals surface area contributed by atoms with E-state index in [2.05, 4.69) is 16.0 Å². The van der Waals surface area contributed by atoms with Crippen LogP contribution < -0.4 is 16.0 Å². The van der Waals surface area contributed by atoms with E-state index in [0.29, 0.717) is 17.1 Å². The van der Waals surface area contributed by atoms with Gasteiger partial charge in [0.1, 0.15) is 6.04 Å². The Morgan fingerprint density at radius 3 is 2.14 bits per heavy atom. The van der Waals surface area contributed by atoms with E-state index in [-0.39, 0.29) is 17.5 Å². The molecule has 0 saturated heterocycles. The third-order valence-electron chi connectivity index (χ3n) is 3.92. The molecule has 1 atom stereocenters. The van der Waals surface area contributed by atoms with Gasteiger partial charge in [0.05, 0.1) is 4.92 Å². The second-order valence-corrected chi connectivity index (χ2v) is 7.44. The van der Waals surface area contributed by atoms with Crippen LogP contribution in [0.1, 0.15) is 27.7 Å². The molecule has 2 aromatic rings. The van der Waals surface area contributed by atoms with Crippen molar-refractivity contribution in [2.45, 2.75) is 33.7 Å². The van der Waals surface area contributed by atoms with Gasteiger partial charge in [0.15, 0.2) is 0 Å². The number of hydrogen-bond donors (Lipinski definition) is 3.